The van der Waals surface area contributed by atoms with Gasteiger partial charge in [0.25, 0.3) is 5.91 Å². The van der Waals surface area contributed by atoms with E-state index in [1.165, 1.54) is 24.3 Å². The van der Waals surface area contributed by atoms with Crippen LogP contribution in [0.4, 0.5) is 32.0 Å². The molecule has 5 nitrogen and oxygen atoms in total. The molecule has 0 atom stereocenters. The third kappa shape index (κ3) is 5.29. The number of para-hydroxylation sites is 2. The molecule has 0 bridgehead atoms. The molecule has 0 fully saturated rings. The van der Waals surface area contributed by atoms with Gasteiger partial charge in [-0.15, -0.1) is 0 Å². The predicted molar refractivity (Wildman–Crippen MR) is 99.1 cm³/mol. The van der Waals surface area contributed by atoms with Crippen LogP contribution in [-0.2, 0) is 17.1 Å². The molecule has 3 rings (SSSR count). The molecule has 0 aliphatic carbocycles. The molecule has 1 amide bonds. The summed E-state index contributed by atoms with van der Waals surface area (Å²) >= 11 is 6.00. The van der Waals surface area contributed by atoms with Gasteiger partial charge in [-0.1, -0.05) is 35.9 Å². The first-order valence-corrected chi connectivity index (χ1v) is 8.85. The summed E-state index contributed by atoms with van der Waals surface area (Å²) in [5.41, 5.74) is -2.84. The highest BCUT2D eigenvalue weighted by atomic mass is 35.5. The molecule has 1 N–H and O–H groups in total. The van der Waals surface area contributed by atoms with Gasteiger partial charge in [0, 0.05) is 6.07 Å². The molecule has 1 heterocycles. The van der Waals surface area contributed by atoms with E-state index >= 15 is 0 Å². The van der Waals surface area contributed by atoms with Gasteiger partial charge >= 0.3 is 12.4 Å². The molecule has 0 radical (unpaired) electrons. The van der Waals surface area contributed by atoms with Crippen molar-refractivity contribution in [2.75, 3.05) is 11.9 Å². The maximum Gasteiger partial charge on any atom is 0.435 e. The zero-order chi connectivity index (χ0) is 22.8. The van der Waals surface area contributed by atoms with E-state index in [4.69, 9.17) is 16.3 Å². The van der Waals surface area contributed by atoms with E-state index in [2.05, 4.69) is 5.10 Å². The van der Waals surface area contributed by atoms with Crippen LogP contribution in [0, 0.1) is 0 Å². The van der Waals surface area contributed by atoms with Gasteiger partial charge < -0.3 is 10.1 Å². The number of rotatable bonds is 5. The largest absolute Gasteiger partial charge is 0.467 e. The number of anilines is 1. The Morgan fingerprint density at radius 2 is 1.65 bits per heavy atom. The summed E-state index contributed by atoms with van der Waals surface area (Å²) in [5.74, 6) is -1.49. The van der Waals surface area contributed by atoms with E-state index < -0.39 is 47.7 Å². The molecule has 164 valence electrons. The van der Waals surface area contributed by atoms with Gasteiger partial charge in [0.05, 0.1) is 22.0 Å². The average molecular weight is 464 g/mol. The number of halogens is 7. The Morgan fingerprint density at radius 3 is 2.29 bits per heavy atom. The number of alkyl halides is 6. The first-order valence-electron chi connectivity index (χ1n) is 8.48. The minimum Gasteiger partial charge on any atom is -0.467 e. The molecule has 0 aliphatic heterocycles. The summed E-state index contributed by atoms with van der Waals surface area (Å²) in [4.78, 5) is 12.1. The molecule has 31 heavy (non-hydrogen) atoms. The van der Waals surface area contributed by atoms with Gasteiger partial charge in [0.2, 0.25) is 5.88 Å². The van der Waals surface area contributed by atoms with Crippen LogP contribution in [0.3, 0.4) is 0 Å². The summed E-state index contributed by atoms with van der Waals surface area (Å²) in [5, 5.41) is 5.52. The van der Waals surface area contributed by atoms with Crippen LogP contribution in [0.2, 0.25) is 5.02 Å². The van der Waals surface area contributed by atoms with Gasteiger partial charge in [0.1, 0.15) is 0 Å². The maximum absolute atomic E-state index is 13.1. The highest BCUT2D eigenvalue weighted by Gasteiger charge is 2.36. The molecule has 0 saturated heterocycles. The van der Waals surface area contributed by atoms with Crippen LogP contribution in [0.25, 0.3) is 5.69 Å². The number of hydrogen-bond donors (Lipinski definition) is 1. The third-order valence-corrected chi connectivity index (χ3v) is 4.23. The number of nitrogens with zero attached hydrogens (tertiary/aromatic N) is 2. The fourth-order valence-electron chi connectivity index (χ4n) is 2.57. The molecule has 1 aromatic heterocycles. The predicted octanol–water partition coefficient (Wildman–Crippen LogP) is 5.58. The Kier molecular flexibility index (Phi) is 6.16. The normalized spacial score (nSPS) is 12.0. The summed E-state index contributed by atoms with van der Waals surface area (Å²) in [6.07, 6.45) is -9.52. The Hall–Kier alpha value is -3.21. The van der Waals surface area contributed by atoms with E-state index in [9.17, 15) is 31.1 Å². The Balaban J connectivity index is 1.83. The van der Waals surface area contributed by atoms with E-state index in [0.717, 1.165) is 22.9 Å². The highest BCUT2D eigenvalue weighted by Crippen LogP contribution is 2.35. The molecule has 2 aromatic carbocycles. The first kappa shape index (κ1) is 22.5. The van der Waals surface area contributed by atoms with Crippen molar-refractivity contribution < 1.29 is 35.9 Å². The second-order valence-electron chi connectivity index (χ2n) is 6.11. The van der Waals surface area contributed by atoms with Crippen molar-refractivity contribution in [1.29, 1.82) is 0 Å². The number of nitrogens with one attached hydrogen (secondary N) is 1. The van der Waals surface area contributed by atoms with Crippen molar-refractivity contribution in [2.45, 2.75) is 12.4 Å². The van der Waals surface area contributed by atoms with Crippen LogP contribution in [0.15, 0.2) is 54.6 Å². The summed E-state index contributed by atoms with van der Waals surface area (Å²) < 4.78 is 84.2. The van der Waals surface area contributed by atoms with Crippen LogP contribution in [0.1, 0.15) is 11.3 Å². The average Bonchev–Trinajstić information content (AvgIpc) is 3.11. The second-order valence-corrected chi connectivity index (χ2v) is 6.52. The van der Waals surface area contributed by atoms with E-state index in [0.29, 0.717) is 6.07 Å². The number of amides is 1. The molecular formula is C19H12ClF6N3O2. The van der Waals surface area contributed by atoms with Crippen molar-refractivity contribution in [3.63, 3.8) is 0 Å². The van der Waals surface area contributed by atoms with Gasteiger partial charge in [0.15, 0.2) is 12.3 Å². The zero-order valence-electron chi connectivity index (χ0n) is 15.3. The molecule has 12 heteroatoms. The molecule has 3 aromatic rings. The first-order chi connectivity index (χ1) is 14.5. The Labute approximate surface area is 176 Å². The van der Waals surface area contributed by atoms with Crippen LogP contribution < -0.4 is 10.1 Å². The minimum atomic E-state index is -4.81. The topological polar surface area (TPSA) is 56.1 Å². The molecular weight excluding hydrogens is 452 g/mol. The van der Waals surface area contributed by atoms with Crippen molar-refractivity contribution in [3.05, 3.63) is 70.9 Å². The summed E-state index contributed by atoms with van der Waals surface area (Å²) in [6.45, 7) is -0.875. The lowest BCUT2D eigenvalue weighted by Gasteiger charge is -2.14. The number of benzene rings is 2. The number of carbonyl (C=O) groups is 1. The minimum absolute atomic E-state index is 0.0532. The molecule has 0 aliphatic rings. The SMILES string of the molecule is O=C(COc1cc(C(F)(F)F)nn1-c1ccccc1Cl)Nc1ccccc1C(F)(F)F. The zero-order valence-corrected chi connectivity index (χ0v) is 16.0. The lowest BCUT2D eigenvalue weighted by molar-refractivity contribution is -0.141. The quantitative estimate of drug-likeness (QED) is 0.503. The van der Waals surface area contributed by atoms with E-state index in [-0.39, 0.29) is 10.7 Å². The number of ether oxygens (including phenoxy) is 1. The number of carbonyl (C=O) groups excluding carboxylic acids is 1. The molecule has 0 saturated carbocycles. The van der Waals surface area contributed by atoms with Gasteiger partial charge in [-0.05, 0) is 24.3 Å². The van der Waals surface area contributed by atoms with Crippen LogP contribution in [0.5, 0.6) is 5.88 Å². The maximum atomic E-state index is 13.1. The van der Waals surface area contributed by atoms with E-state index in [1.807, 2.05) is 5.32 Å². The van der Waals surface area contributed by atoms with Gasteiger partial charge in [-0.25, -0.2) is 0 Å². The number of aromatic nitrogens is 2. The summed E-state index contributed by atoms with van der Waals surface area (Å²) in [7, 11) is 0. The number of hydrogen-bond acceptors (Lipinski definition) is 3. The fraction of sp³-hybridized carbons (Fsp3) is 0.158. The standard InChI is InChI=1S/C19H12ClF6N3O2/c20-12-6-2-4-8-14(12)29-17(9-15(28-29)19(24,25)26)31-10-16(30)27-13-7-3-1-5-11(13)18(21,22)23/h1-9H,10H2,(H,27,30). The third-order valence-electron chi connectivity index (χ3n) is 3.91. The monoisotopic (exact) mass is 463 g/mol. The van der Waals surface area contributed by atoms with Gasteiger partial charge in [-0.3, -0.25) is 4.79 Å². The smallest absolute Gasteiger partial charge is 0.435 e. The highest BCUT2D eigenvalue weighted by molar-refractivity contribution is 6.32. The lowest BCUT2D eigenvalue weighted by atomic mass is 10.1. The fourth-order valence-corrected chi connectivity index (χ4v) is 2.78. The van der Waals surface area contributed by atoms with Crippen molar-refractivity contribution >= 4 is 23.2 Å². The Morgan fingerprint density at radius 1 is 1.00 bits per heavy atom. The second kappa shape index (κ2) is 8.50. The van der Waals surface area contributed by atoms with Crippen LogP contribution >= 0.6 is 11.6 Å². The lowest BCUT2D eigenvalue weighted by Crippen LogP contribution is -2.23. The molecule has 0 unspecified atom stereocenters. The van der Waals surface area contributed by atoms with Gasteiger partial charge in [-0.2, -0.15) is 36.1 Å². The van der Waals surface area contributed by atoms with E-state index in [1.54, 1.807) is 6.07 Å². The summed E-state index contributed by atoms with van der Waals surface area (Å²) in [6, 6.07) is 10.6. The molecule has 0 spiro atoms. The van der Waals surface area contributed by atoms with Crippen molar-refractivity contribution in [3.8, 4) is 11.6 Å². The Bertz CT molecular complexity index is 1090. The van der Waals surface area contributed by atoms with Crippen LogP contribution in [-0.4, -0.2) is 22.3 Å². The van der Waals surface area contributed by atoms with Crippen molar-refractivity contribution in [1.82, 2.24) is 9.78 Å². The van der Waals surface area contributed by atoms with Crippen molar-refractivity contribution in [2.24, 2.45) is 0 Å².